The van der Waals surface area contributed by atoms with Crippen molar-refractivity contribution >= 4 is 6.02 Å². The van der Waals surface area contributed by atoms with Gasteiger partial charge in [-0.15, -0.1) is 0 Å². The molecule has 3 nitrogen and oxygen atoms in total. The van der Waals surface area contributed by atoms with Gasteiger partial charge in [0.05, 0.1) is 12.1 Å². The summed E-state index contributed by atoms with van der Waals surface area (Å²) in [5.41, 5.74) is 5.62. The summed E-state index contributed by atoms with van der Waals surface area (Å²) in [6.45, 7) is 2.46. The number of amidine groups is 1. The van der Waals surface area contributed by atoms with E-state index >= 15 is 0 Å². The first-order chi connectivity index (χ1) is 7.68. The van der Waals surface area contributed by atoms with E-state index in [-0.39, 0.29) is 11.8 Å². The molecule has 1 aliphatic heterocycles. The molecule has 1 aromatic rings. The molecule has 0 saturated heterocycles. The van der Waals surface area contributed by atoms with E-state index in [2.05, 4.69) is 4.99 Å². The van der Waals surface area contributed by atoms with E-state index in [0.29, 0.717) is 25.0 Å². The smallest absolute Gasteiger partial charge is 0.282 e. The van der Waals surface area contributed by atoms with Crippen LogP contribution in [0.3, 0.4) is 0 Å². The third-order valence-corrected chi connectivity index (χ3v) is 3.05. The molecule has 1 aliphatic rings. The quantitative estimate of drug-likeness (QED) is 0.833. The fraction of sp³-hybridized carbons (Fsp3) is 0.417. The second-order valence-corrected chi connectivity index (χ2v) is 3.91. The van der Waals surface area contributed by atoms with Crippen LogP contribution in [0.1, 0.15) is 25.3 Å². The Balaban J connectivity index is 2.50. The van der Waals surface area contributed by atoms with Crippen molar-refractivity contribution in [3.05, 3.63) is 35.6 Å². The Hall–Kier alpha value is -1.58. The van der Waals surface area contributed by atoms with Crippen molar-refractivity contribution in [3.63, 3.8) is 0 Å². The van der Waals surface area contributed by atoms with Crippen LogP contribution in [0.2, 0.25) is 0 Å². The third-order valence-electron chi connectivity index (χ3n) is 3.05. The Morgan fingerprint density at radius 1 is 1.50 bits per heavy atom. The maximum atomic E-state index is 13.8. The number of nitrogens with zero attached hydrogens (tertiary/aromatic N) is 1. The maximum absolute atomic E-state index is 13.8. The highest BCUT2D eigenvalue weighted by Crippen LogP contribution is 2.36. The Morgan fingerprint density at radius 3 is 2.88 bits per heavy atom. The summed E-state index contributed by atoms with van der Waals surface area (Å²) in [5.74, 6) is -0.234. The van der Waals surface area contributed by atoms with Gasteiger partial charge >= 0.3 is 0 Å². The second kappa shape index (κ2) is 4.12. The van der Waals surface area contributed by atoms with Crippen molar-refractivity contribution in [2.24, 2.45) is 10.7 Å². The number of halogens is 1. The highest BCUT2D eigenvalue weighted by Gasteiger charge is 2.35. The molecule has 1 unspecified atom stereocenters. The Morgan fingerprint density at radius 2 is 2.25 bits per heavy atom. The number of hydrogen-bond donors (Lipinski definition) is 1. The van der Waals surface area contributed by atoms with Crippen molar-refractivity contribution in [2.45, 2.75) is 25.3 Å². The highest BCUT2D eigenvalue weighted by atomic mass is 19.1. The zero-order valence-electron chi connectivity index (χ0n) is 9.24. The number of hydrogen-bond acceptors (Lipinski definition) is 3. The van der Waals surface area contributed by atoms with Gasteiger partial charge in [-0.25, -0.2) is 9.38 Å². The van der Waals surface area contributed by atoms with Crippen LogP contribution in [0.5, 0.6) is 0 Å². The van der Waals surface area contributed by atoms with Gasteiger partial charge in [0.25, 0.3) is 6.02 Å². The normalized spacial score (nSPS) is 24.8. The molecule has 0 saturated carbocycles. The van der Waals surface area contributed by atoms with Gasteiger partial charge in [0, 0.05) is 12.0 Å². The number of aliphatic imine (C=N–C) groups is 1. The monoisotopic (exact) mass is 222 g/mol. The van der Waals surface area contributed by atoms with Crippen LogP contribution in [0, 0.1) is 5.82 Å². The minimum atomic E-state index is -0.562. The molecule has 0 fully saturated rings. The average molecular weight is 222 g/mol. The first-order valence-electron chi connectivity index (χ1n) is 5.41. The number of nitrogens with two attached hydrogens (primary N) is 1. The molecule has 0 amide bonds. The van der Waals surface area contributed by atoms with Crippen LogP contribution in [0.25, 0.3) is 0 Å². The Bertz CT molecular complexity index is 419. The Labute approximate surface area is 94.1 Å². The van der Waals surface area contributed by atoms with Crippen LogP contribution in [-0.2, 0) is 10.3 Å². The lowest BCUT2D eigenvalue weighted by atomic mass is 9.84. The molecule has 0 bridgehead atoms. The van der Waals surface area contributed by atoms with Gasteiger partial charge in [0.15, 0.2) is 0 Å². The molecule has 86 valence electrons. The molecule has 1 atom stereocenters. The summed E-state index contributed by atoms with van der Waals surface area (Å²) in [6.07, 6.45) is 1.36. The van der Waals surface area contributed by atoms with Gasteiger partial charge in [-0.3, -0.25) is 0 Å². The first-order valence-corrected chi connectivity index (χ1v) is 5.41. The fourth-order valence-electron chi connectivity index (χ4n) is 2.10. The van der Waals surface area contributed by atoms with E-state index in [1.807, 2.05) is 13.0 Å². The van der Waals surface area contributed by atoms with E-state index in [9.17, 15) is 4.39 Å². The minimum Gasteiger partial charge on any atom is -0.465 e. The molecule has 0 spiro atoms. The van der Waals surface area contributed by atoms with E-state index in [1.165, 1.54) is 6.07 Å². The lowest BCUT2D eigenvalue weighted by Crippen LogP contribution is -2.35. The van der Waals surface area contributed by atoms with Crippen LogP contribution in [0.15, 0.2) is 29.3 Å². The minimum absolute atomic E-state index is 0.149. The largest absolute Gasteiger partial charge is 0.465 e. The third kappa shape index (κ3) is 1.75. The maximum Gasteiger partial charge on any atom is 0.282 e. The molecule has 2 rings (SSSR count). The summed E-state index contributed by atoms with van der Waals surface area (Å²) in [7, 11) is 0. The van der Waals surface area contributed by atoms with Crippen LogP contribution >= 0.6 is 0 Å². The highest BCUT2D eigenvalue weighted by molar-refractivity contribution is 5.72. The van der Waals surface area contributed by atoms with Gasteiger partial charge in [-0.2, -0.15) is 0 Å². The molecule has 0 aliphatic carbocycles. The number of benzene rings is 1. The lowest BCUT2D eigenvalue weighted by Gasteiger charge is -2.32. The van der Waals surface area contributed by atoms with E-state index in [1.54, 1.807) is 12.1 Å². The summed E-state index contributed by atoms with van der Waals surface area (Å²) in [4.78, 5) is 4.30. The molecule has 16 heavy (non-hydrogen) atoms. The lowest BCUT2D eigenvalue weighted by molar-refractivity contribution is 0.201. The molecule has 4 heteroatoms. The van der Waals surface area contributed by atoms with Gasteiger partial charge < -0.3 is 10.5 Å². The molecule has 0 aromatic heterocycles. The van der Waals surface area contributed by atoms with Crippen molar-refractivity contribution in [3.8, 4) is 0 Å². The molecule has 1 aromatic carbocycles. The van der Waals surface area contributed by atoms with Crippen LogP contribution in [-0.4, -0.2) is 12.6 Å². The molecule has 2 N–H and O–H groups in total. The van der Waals surface area contributed by atoms with Gasteiger partial charge in [-0.1, -0.05) is 25.1 Å². The summed E-state index contributed by atoms with van der Waals surface area (Å²) >= 11 is 0. The van der Waals surface area contributed by atoms with Crippen LogP contribution in [0.4, 0.5) is 4.39 Å². The van der Waals surface area contributed by atoms with Crippen molar-refractivity contribution < 1.29 is 9.13 Å². The second-order valence-electron chi connectivity index (χ2n) is 3.91. The number of rotatable bonds is 2. The molecule has 1 heterocycles. The van der Waals surface area contributed by atoms with E-state index in [0.717, 1.165) is 0 Å². The van der Waals surface area contributed by atoms with Crippen molar-refractivity contribution in [1.82, 2.24) is 0 Å². The Kier molecular flexibility index (Phi) is 2.81. The van der Waals surface area contributed by atoms with Crippen LogP contribution < -0.4 is 5.73 Å². The number of ether oxygens (including phenoxy) is 1. The first kappa shape index (κ1) is 10.9. The molecular formula is C12H15FN2O. The van der Waals surface area contributed by atoms with Gasteiger partial charge in [-0.05, 0) is 12.5 Å². The van der Waals surface area contributed by atoms with Gasteiger partial charge in [0.1, 0.15) is 5.82 Å². The zero-order chi connectivity index (χ0) is 11.6. The summed E-state index contributed by atoms with van der Waals surface area (Å²) in [6, 6.07) is 6.86. The summed E-state index contributed by atoms with van der Waals surface area (Å²) < 4.78 is 18.9. The standard InChI is InChI=1S/C12H15FN2O/c1-2-12(7-8-16-11(14)15-12)9-5-3-4-6-10(9)13/h3-6H,2,7-8H2,1H3,(H2,14,15). The predicted octanol–water partition coefficient (Wildman–Crippen LogP) is 2.17. The molecule has 0 radical (unpaired) electrons. The topological polar surface area (TPSA) is 47.6 Å². The average Bonchev–Trinajstić information content (AvgIpc) is 2.29. The predicted molar refractivity (Wildman–Crippen MR) is 60.6 cm³/mol. The van der Waals surface area contributed by atoms with E-state index < -0.39 is 5.54 Å². The molecular weight excluding hydrogens is 207 g/mol. The van der Waals surface area contributed by atoms with Crippen molar-refractivity contribution in [1.29, 1.82) is 0 Å². The van der Waals surface area contributed by atoms with Crippen molar-refractivity contribution in [2.75, 3.05) is 6.61 Å². The summed E-state index contributed by atoms with van der Waals surface area (Å²) in [5, 5.41) is 0. The zero-order valence-corrected chi connectivity index (χ0v) is 9.24. The fourth-order valence-corrected chi connectivity index (χ4v) is 2.10. The van der Waals surface area contributed by atoms with Gasteiger partial charge in [0.2, 0.25) is 0 Å². The SMILES string of the molecule is CCC1(c2ccccc2F)CCOC(N)=N1. The van der Waals surface area contributed by atoms with E-state index in [4.69, 9.17) is 10.5 Å².